The number of methoxy groups -OCH3 is 1. The molecule has 3 nitrogen and oxygen atoms in total. The summed E-state index contributed by atoms with van der Waals surface area (Å²) >= 11 is 0. The van der Waals surface area contributed by atoms with Crippen LogP contribution in [0.15, 0.2) is 24.3 Å². The van der Waals surface area contributed by atoms with Crippen molar-refractivity contribution in [3.8, 4) is 5.75 Å². The van der Waals surface area contributed by atoms with Crippen LogP contribution in [-0.4, -0.2) is 32.9 Å². The van der Waals surface area contributed by atoms with Crippen molar-refractivity contribution in [3.63, 3.8) is 0 Å². The normalized spacial score (nSPS) is 19.6. The number of likely N-dealkylation sites (N-methyl/N-ethyl adjacent to an activating group) is 1. The summed E-state index contributed by atoms with van der Waals surface area (Å²) in [4.78, 5) is 0. The van der Waals surface area contributed by atoms with Crippen molar-refractivity contribution in [1.82, 2.24) is 5.32 Å². The van der Waals surface area contributed by atoms with Gasteiger partial charge >= 0.3 is 0 Å². The molecule has 0 spiro atoms. The Balaban J connectivity index is 2.08. The molecule has 1 N–H and O–H groups in total. The molecule has 0 radical (unpaired) electrons. The zero-order chi connectivity index (χ0) is 13.5. The second kappa shape index (κ2) is 7.51. The summed E-state index contributed by atoms with van der Waals surface area (Å²) in [6.45, 7) is 4.85. The van der Waals surface area contributed by atoms with Crippen molar-refractivity contribution in [1.29, 1.82) is 0 Å². The molecule has 1 aliphatic rings. The van der Waals surface area contributed by atoms with Gasteiger partial charge in [-0.05, 0) is 37.4 Å². The van der Waals surface area contributed by atoms with E-state index in [9.17, 15) is 0 Å². The Kier molecular flexibility index (Phi) is 5.67. The van der Waals surface area contributed by atoms with Crippen LogP contribution in [0.1, 0.15) is 37.7 Å². The molecular weight excluding hydrogens is 238 g/mol. The zero-order valence-electron chi connectivity index (χ0n) is 12.0. The number of rotatable bonds is 7. The van der Waals surface area contributed by atoms with Gasteiger partial charge in [-0.25, -0.2) is 0 Å². The highest BCUT2D eigenvalue weighted by molar-refractivity contribution is 5.38. The maximum atomic E-state index is 5.76. The first-order valence-corrected chi connectivity index (χ1v) is 7.30. The third-order valence-corrected chi connectivity index (χ3v) is 3.82. The highest BCUT2D eigenvalue weighted by atomic mass is 16.5. The lowest BCUT2D eigenvalue weighted by molar-refractivity contribution is 0.182. The van der Waals surface area contributed by atoms with E-state index >= 15 is 0 Å². The Morgan fingerprint density at radius 3 is 3.05 bits per heavy atom. The second-order valence-corrected chi connectivity index (χ2v) is 5.08. The number of hydrogen-bond donors (Lipinski definition) is 1. The number of ether oxygens (including phenoxy) is 2. The zero-order valence-corrected chi connectivity index (χ0v) is 12.0. The van der Waals surface area contributed by atoms with Gasteiger partial charge in [0.1, 0.15) is 5.75 Å². The lowest BCUT2D eigenvalue weighted by atomic mass is 9.84. The van der Waals surface area contributed by atoms with Crippen LogP contribution in [-0.2, 0) is 4.74 Å². The van der Waals surface area contributed by atoms with E-state index in [1.54, 1.807) is 7.11 Å². The highest BCUT2D eigenvalue weighted by Crippen LogP contribution is 2.36. The topological polar surface area (TPSA) is 30.5 Å². The molecule has 0 aromatic heterocycles. The van der Waals surface area contributed by atoms with Gasteiger partial charge in [0, 0.05) is 25.7 Å². The number of hydrogen-bond acceptors (Lipinski definition) is 3. The van der Waals surface area contributed by atoms with Gasteiger partial charge in [-0.1, -0.05) is 25.1 Å². The van der Waals surface area contributed by atoms with Gasteiger partial charge in [-0.2, -0.15) is 0 Å². The summed E-state index contributed by atoms with van der Waals surface area (Å²) in [5, 5.41) is 3.64. The molecule has 1 aromatic carbocycles. The van der Waals surface area contributed by atoms with Crippen LogP contribution in [0.25, 0.3) is 0 Å². The van der Waals surface area contributed by atoms with Gasteiger partial charge in [0.2, 0.25) is 0 Å². The van der Waals surface area contributed by atoms with E-state index in [4.69, 9.17) is 9.47 Å². The predicted octanol–water partition coefficient (Wildman–Crippen LogP) is 2.96. The van der Waals surface area contributed by atoms with Gasteiger partial charge in [-0.3, -0.25) is 0 Å². The van der Waals surface area contributed by atoms with Gasteiger partial charge in [-0.15, -0.1) is 0 Å². The van der Waals surface area contributed by atoms with E-state index in [0.29, 0.717) is 12.0 Å². The molecule has 1 aromatic rings. The fraction of sp³-hybridized carbons (Fsp3) is 0.625. The minimum absolute atomic E-state index is 0.519. The number of para-hydroxylation sites is 1. The summed E-state index contributed by atoms with van der Waals surface area (Å²) in [7, 11) is 1.77. The molecule has 2 unspecified atom stereocenters. The molecule has 3 heteroatoms. The van der Waals surface area contributed by atoms with Crippen LogP contribution in [0.5, 0.6) is 5.75 Å². The van der Waals surface area contributed by atoms with Crippen molar-refractivity contribution >= 4 is 0 Å². The molecule has 1 aliphatic heterocycles. The molecule has 19 heavy (non-hydrogen) atoms. The third kappa shape index (κ3) is 3.71. The van der Waals surface area contributed by atoms with Crippen molar-refractivity contribution in [3.05, 3.63) is 29.8 Å². The molecule has 0 amide bonds. The van der Waals surface area contributed by atoms with Gasteiger partial charge < -0.3 is 14.8 Å². The maximum Gasteiger partial charge on any atom is 0.122 e. The SMILES string of the molecule is CCNC(CCCOC)C1CCOc2ccccc21. The summed E-state index contributed by atoms with van der Waals surface area (Å²) < 4.78 is 10.9. The summed E-state index contributed by atoms with van der Waals surface area (Å²) in [6, 6.07) is 8.97. The molecule has 0 bridgehead atoms. The lowest BCUT2D eigenvalue weighted by Gasteiger charge is -2.33. The predicted molar refractivity (Wildman–Crippen MR) is 77.9 cm³/mol. The lowest BCUT2D eigenvalue weighted by Crippen LogP contribution is -2.37. The average molecular weight is 263 g/mol. The Hall–Kier alpha value is -1.06. The van der Waals surface area contributed by atoms with Crippen LogP contribution in [0.3, 0.4) is 0 Å². The monoisotopic (exact) mass is 263 g/mol. The Labute approximate surface area is 116 Å². The van der Waals surface area contributed by atoms with Crippen LogP contribution < -0.4 is 10.1 Å². The van der Waals surface area contributed by atoms with E-state index in [0.717, 1.165) is 44.8 Å². The van der Waals surface area contributed by atoms with Gasteiger partial charge in [0.25, 0.3) is 0 Å². The van der Waals surface area contributed by atoms with E-state index in [1.165, 1.54) is 5.56 Å². The Bertz CT molecular complexity index is 381. The van der Waals surface area contributed by atoms with Crippen LogP contribution >= 0.6 is 0 Å². The minimum atomic E-state index is 0.519. The van der Waals surface area contributed by atoms with Crippen molar-refractivity contribution < 1.29 is 9.47 Å². The van der Waals surface area contributed by atoms with Crippen LogP contribution in [0, 0.1) is 0 Å². The van der Waals surface area contributed by atoms with Crippen molar-refractivity contribution in [2.24, 2.45) is 0 Å². The van der Waals surface area contributed by atoms with E-state index < -0.39 is 0 Å². The molecule has 0 saturated heterocycles. The Morgan fingerprint density at radius 2 is 2.26 bits per heavy atom. The standard InChI is InChI=1S/C16H25NO2/c1-3-17-15(8-6-11-18-2)13-10-12-19-16-9-5-4-7-14(13)16/h4-5,7,9,13,15,17H,3,6,8,10-12H2,1-2H3. The first kappa shape index (κ1) is 14.4. The average Bonchev–Trinajstić information content (AvgIpc) is 2.46. The Morgan fingerprint density at radius 1 is 1.42 bits per heavy atom. The quantitative estimate of drug-likeness (QED) is 0.767. The fourth-order valence-corrected chi connectivity index (χ4v) is 2.94. The largest absolute Gasteiger partial charge is 0.493 e. The molecule has 1 heterocycles. The van der Waals surface area contributed by atoms with Crippen molar-refractivity contribution in [2.45, 2.75) is 38.1 Å². The minimum Gasteiger partial charge on any atom is -0.493 e. The van der Waals surface area contributed by atoms with Crippen LogP contribution in [0.4, 0.5) is 0 Å². The maximum absolute atomic E-state index is 5.76. The second-order valence-electron chi connectivity index (χ2n) is 5.08. The van der Waals surface area contributed by atoms with E-state index in [1.807, 2.05) is 6.07 Å². The molecule has 2 atom stereocenters. The number of nitrogens with one attached hydrogen (secondary N) is 1. The summed E-state index contributed by atoms with van der Waals surface area (Å²) in [5.41, 5.74) is 1.36. The molecule has 0 fully saturated rings. The fourth-order valence-electron chi connectivity index (χ4n) is 2.94. The molecule has 2 rings (SSSR count). The van der Waals surface area contributed by atoms with Crippen LogP contribution in [0.2, 0.25) is 0 Å². The van der Waals surface area contributed by atoms with Crippen molar-refractivity contribution in [2.75, 3.05) is 26.9 Å². The van der Waals surface area contributed by atoms with E-state index in [-0.39, 0.29) is 0 Å². The first-order valence-electron chi connectivity index (χ1n) is 7.30. The van der Waals surface area contributed by atoms with E-state index in [2.05, 4.69) is 30.4 Å². The number of benzene rings is 1. The summed E-state index contributed by atoms with van der Waals surface area (Å²) in [6.07, 6.45) is 3.36. The first-order chi connectivity index (χ1) is 9.36. The molecular formula is C16H25NO2. The molecule has 0 saturated carbocycles. The highest BCUT2D eigenvalue weighted by Gasteiger charge is 2.27. The molecule has 0 aliphatic carbocycles. The van der Waals surface area contributed by atoms with Gasteiger partial charge in [0.05, 0.1) is 6.61 Å². The summed E-state index contributed by atoms with van der Waals surface area (Å²) in [5.74, 6) is 1.62. The third-order valence-electron chi connectivity index (χ3n) is 3.82. The van der Waals surface area contributed by atoms with Gasteiger partial charge in [0.15, 0.2) is 0 Å². The number of fused-ring (bicyclic) bond motifs is 1. The smallest absolute Gasteiger partial charge is 0.122 e. The molecule has 106 valence electrons.